The molecule has 0 spiro atoms. The van der Waals surface area contributed by atoms with Crippen LogP contribution in [0.1, 0.15) is 6.92 Å². The van der Waals surface area contributed by atoms with Crippen molar-refractivity contribution in [2.45, 2.75) is 19.1 Å². The van der Waals surface area contributed by atoms with Gasteiger partial charge in [0.1, 0.15) is 11.8 Å². The quantitative estimate of drug-likeness (QED) is 0.245. The summed E-state index contributed by atoms with van der Waals surface area (Å²) < 4.78 is 4.71. The van der Waals surface area contributed by atoms with Gasteiger partial charge in [-0.1, -0.05) is 11.2 Å². The summed E-state index contributed by atoms with van der Waals surface area (Å²) >= 11 is 0. The number of carbonyl (C=O) groups is 1. The lowest BCUT2D eigenvalue weighted by Gasteiger charge is -2.10. The van der Waals surface area contributed by atoms with Gasteiger partial charge < -0.3 is 15.1 Å². The summed E-state index contributed by atoms with van der Waals surface area (Å²) in [6.45, 7) is 1.24. The minimum atomic E-state index is -0.959. The van der Waals surface area contributed by atoms with Crippen LogP contribution in [0.3, 0.4) is 0 Å². The van der Waals surface area contributed by atoms with Gasteiger partial charge in [0.05, 0.1) is 0 Å². The normalized spacial score (nSPS) is 31.0. The van der Waals surface area contributed by atoms with Gasteiger partial charge in [0.15, 0.2) is 6.10 Å². The van der Waals surface area contributed by atoms with Crippen LogP contribution in [0.2, 0.25) is 0 Å². The van der Waals surface area contributed by atoms with Crippen LogP contribution < -0.4 is 0 Å². The molecule has 2 atom stereocenters. The van der Waals surface area contributed by atoms with Crippen LogP contribution in [0.5, 0.6) is 0 Å². The second kappa shape index (κ2) is 3.36. The van der Waals surface area contributed by atoms with Crippen LogP contribution in [0.25, 0.3) is 0 Å². The summed E-state index contributed by atoms with van der Waals surface area (Å²) in [6, 6.07) is 0. The number of carbonyl (C=O) groups excluding carboxylic acids is 1. The number of esters is 1. The molecule has 5 nitrogen and oxygen atoms in total. The van der Waals surface area contributed by atoms with E-state index in [2.05, 4.69) is 5.16 Å². The predicted octanol–water partition coefficient (Wildman–Crippen LogP) is -0.321. The largest absolute Gasteiger partial charge is 0.452 e. The molecule has 0 bridgehead atoms. The van der Waals surface area contributed by atoms with Crippen molar-refractivity contribution >= 4 is 11.7 Å². The molecule has 0 aromatic heterocycles. The molecule has 66 valence electrons. The number of aliphatic hydroxyl groups excluding tert-OH is 1. The molecule has 2 N–H and O–H groups in total. The van der Waals surface area contributed by atoms with E-state index in [9.17, 15) is 4.79 Å². The van der Waals surface area contributed by atoms with E-state index in [1.807, 2.05) is 0 Å². The molecule has 0 radical (unpaired) electrons. The Labute approximate surface area is 68.9 Å². The maximum absolute atomic E-state index is 10.5. The van der Waals surface area contributed by atoms with Gasteiger partial charge in [0.25, 0.3) is 0 Å². The SMILES string of the molecule is CC(=O)O[C@H]1C=C[C@H](O)/C1=N\O. The van der Waals surface area contributed by atoms with E-state index in [0.29, 0.717) is 0 Å². The highest BCUT2D eigenvalue weighted by Crippen LogP contribution is 2.11. The lowest BCUT2D eigenvalue weighted by molar-refractivity contribution is -0.141. The van der Waals surface area contributed by atoms with E-state index in [4.69, 9.17) is 15.1 Å². The molecule has 1 aliphatic rings. The van der Waals surface area contributed by atoms with E-state index in [0.717, 1.165) is 0 Å². The van der Waals surface area contributed by atoms with Crippen molar-refractivity contribution in [3.8, 4) is 0 Å². The van der Waals surface area contributed by atoms with Gasteiger partial charge in [0.2, 0.25) is 0 Å². The first kappa shape index (κ1) is 8.73. The molecule has 1 aliphatic carbocycles. The van der Waals surface area contributed by atoms with Crippen molar-refractivity contribution in [1.29, 1.82) is 0 Å². The van der Waals surface area contributed by atoms with Gasteiger partial charge in [-0.05, 0) is 6.08 Å². The van der Waals surface area contributed by atoms with Crippen LogP contribution in [0.4, 0.5) is 0 Å². The van der Waals surface area contributed by atoms with Crippen molar-refractivity contribution < 1.29 is 19.8 Å². The fourth-order valence-corrected chi connectivity index (χ4v) is 0.966. The first-order chi connectivity index (χ1) is 5.65. The molecule has 5 heteroatoms. The highest BCUT2D eigenvalue weighted by Gasteiger charge is 2.28. The average Bonchev–Trinajstić information content (AvgIpc) is 2.30. The number of nitrogens with zero attached hydrogens (tertiary/aromatic N) is 1. The fraction of sp³-hybridized carbons (Fsp3) is 0.429. The fourth-order valence-electron chi connectivity index (χ4n) is 0.966. The van der Waals surface area contributed by atoms with Gasteiger partial charge in [0, 0.05) is 6.92 Å². The lowest BCUT2D eigenvalue weighted by Crippen LogP contribution is -2.27. The van der Waals surface area contributed by atoms with Crippen LogP contribution >= 0.6 is 0 Å². The third-order valence-corrected chi connectivity index (χ3v) is 1.47. The molecule has 0 aliphatic heterocycles. The Hall–Kier alpha value is -1.36. The first-order valence-corrected chi connectivity index (χ1v) is 3.40. The molecule has 12 heavy (non-hydrogen) atoms. The Morgan fingerprint density at radius 2 is 2.33 bits per heavy atom. The summed E-state index contributed by atoms with van der Waals surface area (Å²) in [7, 11) is 0. The summed E-state index contributed by atoms with van der Waals surface area (Å²) in [4.78, 5) is 10.5. The molecule has 0 aromatic rings. The van der Waals surface area contributed by atoms with E-state index in [-0.39, 0.29) is 5.71 Å². The van der Waals surface area contributed by atoms with Crippen molar-refractivity contribution in [2.75, 3.05) is 0 Å². The third kappa shape index (κ3) is 1.62. The summed E-state index contributed by atoms with van der Waals surface area (Å²) in [5, 5.41) is 20.3. The Morgan fingerprint density at radius 3 is 2.83 bits per heavy atom. The van der Waals surface area contributed by atoms with Gasteiger partial charge in [-0.25, -0.2) is 0 Å². The number of rotatable bonds is 1. The van der Waals surface area contributed by atoms with Gasteiger partial charge in [-0.2, -0.15) is 0 Å². The first-order valence-electron chi connectivity index (χ1n) is 3.40. The van der Waals surface area contributed by atoms with E-state index < -0.39 is 18.2 Å². The topological polar surface area (TPSA) is 79.1 Å². The predicted molar refractivity (Wildman–Crippen MR) is 39.9 cm³/mol. The Morgan fingerprint density at radius 1 is 1.67 bits per heavy atom. The van der Waals surface area contributed by atoms with Crippen molar-refractivity contribution in [1.82, 2.24) is 0 Å². The zero-order valence-electron chi connectivity index (χ0n) is 6.47. The number of ether oxygens (including phenoxy) is 1. The monoisotopic (exact) mass is 171 g/mol. The second-order valence-corrected chi connectivity index (χ2v) is 2.38. The Kier molecular flexibility index (Phi) is 2.44. The summed E-state index contributed by atoms with van der Waals surface area (Å²) in [6.07, 6.45) is 1.16. The smallest absolute Gasteiger partial charge is 0.303 e. The second-order valence-electron chi connectivity index (χ2n) is 2.38. The van der Waals surface area contributed by atoms with E-state index in [1.165, 1.54) is 19.1 Å². The minimum Gasteiger partial charge on any atom is -0.452 e. The maximum atomic E-state index is 10.5. The highest BCUT2D eigenvalue weighted by atomic mass is 16.5. The summed E-state index contributed by atoms with van der Waals surface area (Å²) in [5.74, 6) is -0.486. The number of aliphatic hydroxyl groups is 1. The minimum absolute atomic E-state index is 0.0326. The Bertz CT molecular complexity index is 246. The van der Waals surface area contributed by atoms with Crippen LogP contribution in [-0.4, -0.2) is 34.2 Å². The average molecular weight is 171 g/mol. The van der Waals surface area contributed by atoms with Crippen molar-refractivity contribution in [3.05, 3.63) is 12.2 Å². The van der Waals surface area contributed by atoms with E-state index in [1.54, 1.807) is 0 Å². The van der Waals surface area contributed by atoms with Crippen molar-refractivity contribution in [2.24, 2.45) is 5.16 Å². The number of hydrogen-bond acceptors (Lipinski definition) is 5. The van der Waals surface area contributed by atoms with Gasteiger partial charge in [-0.15, -0.1) is 0 Å². The zero-order valence-corrected chi connectivity index (χ0v) is 6.47. The van der Waals surface area contributed by atoms with Crippen LogP contribution in [-0.2, 0) is 9.53 Å². The highest BCUT2D eigenvalue weighted by molar-refractivity contribution is 5.98. The molecule has 0 amide bonds. The number of hydrogen-bond donors (Lipinski definition) is 2. The van der Waals surface area contributed by atoms with Crippen LogP contribution in [0.15, 0.2) is 17.3 Å². The maximum Gasteiger partial charge on any atom is 0.303 e. The molecular weight excluding hydrogens is 162 g/mol. The molecule has 0 heterocycles. The van der Waals surface area contributed by atoms with Gasteiger partial charge in [-0.3, -0.25) is 4.79 Å². The van der Waals surface area contributed by atoms with Crippen molar-refractivity contribution in [3.63, 3.8) is 0 Å². The summed E-state index contributed by atoms with van der Waals surface area (Å²) in [5.41, 5.74) is 0.0326. The number of oxime groups is 1. The molecule has 0 saturated heterocycles. The zero-order chi connectivity index (χ0) is 9.14. The third-order valence-electron chi connectivity index (χ3n) is 1.47. The molecule has 0 fully saturated rings. The van der Waals surface area contributed by atoms with Gasteiger partial charge >= 0.3 is 5.97 Å². The standard InChI is InChI=1S/C7H9NO4/c1-4(9)12-6-3-2-5(10)7(6)8-11/h2-3,5-6,10-11H,1H3/b8-7+/t5-,6-/m0/s1. The molecule has 0 unspecified atom stereocenters. The van der Waals surface area contributed by atoms with E-state index >= 15 is 0 Å². The Balaban J connectivity index is 2.67. The molecule has 0 aromatic carbocycles. The van der Waals surface area contributed by atoms with Crippen LogP contribution in [0, 0.1) is 0 Å². The lowest BCUT2D eigenvalue weighted by atomic mass is 10.2. The molecule has 1 rings (SSSR count). The molecule has 0 saturated carbocycles. The molecular formula is C7H9NO4.